The summed E-state index contributed by atoms with van der Waals surface area (Å²) < 4.78 is 0. The minimum Gasteiger partial charge on any atom is -0.548 e. The standard InChI is InChI=1S/C13H11NO5S/c1-7(12(17)18)14-11(16)10(20-13(14)19)6-8-4-2-3-5-9(8)15/h2-7,15H,1H3,(H,17,18)/p-1/b10-6-/t7-/m1/s1. The highest BCUT2D eigenvalue weighted by Crippen LogP contribution is 2.34. The number of imide groups is 1. The number of carbonyl (C=O) groups excluding carboxylic acids is 3. The summed E-state index contributed by atoms with van der Waals surface area (Å²) in [7, 11) is 0. The number of aliphatic carboxylic acids is 1. The molecule has 0 saturated carbocycles. The van der Waals surface area contributed by atoms with Gasteiger partial charge in [0.2, 0.25) is 0 Å². The molecule has 7 heteroatoms. The van der Waals surface area contributed by atoms with Gasteiger partial charge in [-0.25, -0.2) is 0 Å². The Hall–Kier alpha value is -2.28. The number of hydrogen-bond acceptors (Lipinski definition) is 6. The van der Waals surface area contributed by atoms with Gasteiger partial charge in [0.1, 0.15) is 5.75 Å². The summed E-state index contributed by atoms with van der Waals surface area (Å²) in [6.07, 6.45) is 1.35. The molecule has 104 valence electrons. The number of benzene rings is 1. The third-order valence-electron chi connectivity index (χ3n) is 2.78. The maximum atomic E-state index is 12.0. The second-order valence-corrected chi connectivity index (χ2v) is 5.10. The highest BCUT2D eigenvalue weighted by atomic mass is 32.2. The van der Waals surface area contributed by atoms with E-state index in [9.17, 15) is 24.6 Å². The molecular formula is C13H10NO5S-. The molecule has 1 aromatic rings. The van der Waals surface area contributed by atoms with Crippen molar-refractivity contribution >= 4 is 35.0 Å². The lowest BCUT2D eigenvalue weighted by atomic mass is 10.2. The first-order chi connectivity index (χ1) is 9.41. The molecule has 0 aromatic heterocycles. The molecule has 0 aliphatic carbocycles. The number of para-hydroxylation sites is 1. The normalized spacial score (nSPS) is 18.6. The largest absolute Gasteiger partial charge is 0.548 e. The van der Waals surface area contributed by atoms with Crippen molar-refractivity contribution in [1.29, 1.82) is 0 Å². The van der Waals surface area contributed by atoms with Crippen LogP contribution in [-0.4, -0.2) is 33.2 Å². The van der Waals surface area contributed by atoms with E-state index in [0.717, 1.165) is 0 Å². The van der Waals surface area contributed by atoms with E-state index in [2.05, 4.69) is 0 Å². The number of carboxylic acids is 1. The zero-order valence-corrected chi connectivity index (χ0v) is 11.2. The van der Waals surface area contributed by atoms with Crippen molar-refractivity contribution in [2.24, 2.45) is 0 Å². The molecule has 0 bridgehead atoms. The van der Waals surface area contributed by atoms with Gasteiger partial charge in [-0.3, -0.25) is 14.5 Å². The predicted molar refractivity (Wildman–Crippen MR) is 70.4 cm³/mol. The number of hydrogen-bond donors (Lipinski definition) is 1. The lowest BCUT2D eigenvalue weighted by molar-refractivity contribution is -0.309. The number of rotatable bonds is 3. The van der Waals surface area contributed by atoms with Crippen molar-refractivity contribution in [3.63, 3.8) is 0 Å². The number of carbonyl (C=O) groups is 3. The summed E-state index contributed by atoms with van der Waals surface area (Å²) >= 11 is 0.627. The second-order valence-electron chi connectivity index (χ2n) is 4.11. The highest BCUT2D eigenvalue weighted by molar-refractivity contribution is 8.18. The molecule has 1 aliphatic heterocycles. The SMILES string of the molecule is C[C@H](C(=O)[O-])N1C(=O)S/C(=C\c2ccccc2O)C1=O. The quantitative estimate of drug-likeness (QED) is 0.818. The van der Waals surface area contributed by atoms with Gasteiger partial charge in [0.15, 0.2) is 0 Å². The molecule has 2 amide bonds. The number of carboxylic acid groups (broad SMARTS) is 1. The molecule has 0 unspecified atom stereocenters. The van der Waals surface area contributed by atoms with Crippen LogP contribution in [0.1, 0.15) is 12.5 Å². The molecule has 1 atom stereocenters. The first-order valence-corrected chi connectivity index (χ1v) is 6.49. The smallest absolute Gasteiger partial charge is 0.294 e. The average Bonchev–Trinajstić information content (AvgIpc) is 2.66. The summed E-state index contributed by atoms with van der Waals surface area (Å²) in [5, 5.41) is 19.7. The number of phenolic OH excluding ortho intramolecular Hbond substituents is 1. The van der Waals surface area contributed by atoms with E-state index in [1.54, 1.807) is 18.2 Å². The van der Waals surface area contributed by atoms with Crippen LogP contribution in [0.4, 0.5) is 4.79 Å². The van der Waals surface area contributed by atoms with E-state index < -0.39 is 23.2 Å². The van der Waals surface area contributed by atoms with Crippen LogP contribution in [0.5, 0.6) is 5.75 Å². The molecule has 20 heavy (non-hydrogen) atoms. The van der Waals surface area contributed by atoms with Crippen LogP contribution in [-0.2, 0) is 9.59 Å². The first kappa shape index (κ1) is 14.1. The number of thioether (sulfide) groups is 1. The van der Waals surface area contributed by atoms with Gasteiger partial charge in [0.25, 0.3) is 11.1 Å². The second kappa shape index (κ2) is 5.38. The highest BCUT2D eigenvalue weighted by Gasteiger charge is 2.38. The molecule has 2 rings (SSSR count). The van der Waals surface area contributed by atoms with Crippen LogP contribution < -0.4 is 5.11 Å². The van der Waals surface area contributed by atoms with Crippen LogP contribution in [0.2, 0.25) is 0 Å². The molecule has 1 aliphatic rings. The number of aromatic hydroxyl groups is 1. The van der Waals surface area contributed by atoms with Gasteiger partial charge in [-0.15, -0.1) is 0 Å². The van der Waals surface area contributed by atoms with E-state index in [0.29, 0.717) is 22.2 Å². The molecule has 1 fully saturated rings. The Morgan fingerprint density at radius 3 is 2.65 bits per heavy atom. The molecule has 1 heterocycles. The lowest BCUT2D eigenvalue weighted by Crippen LogP contribution is -2.48. The van der Waals surface area contributed by atoms with Crippen LogP contribution >= 0.6 is 11.8 Å². The van der Waals surface area contributed by atoms with Gasteiger partial charge in [0.05, 0.1) is 16.9 Å². The van der Waals surface area contributed by atoms with Crippen molar-refractivity contribution < 1.29 is 24.6 Å². The lowest BCUT2D eigenvalue weighted by Gasteiger charge is -2.21. The Morgan fingerprint density at radius 1 is 1.40 bits per heavy atom. The zero-order valence-electron chi connectivity index (χ0n) is 10.4. The third kappa shape index (κ3) is 2.53. The summed E-state index contributed by atoms with van der Waals surface area (Å²) in [4.78, 5) is 35.2. The van der Waals surface area contributed by atoms with Crippen LogP contribution in [0, 0.1) is 0 Å². The van der Waals surface area contributed by atoms with Gasteiger partial charge in [-0.05, 0) is 30.8 Å². The third-order valence-corrected chi connectivity index (χ3v) is 3.66. The monoisotopic (exact) mass is 292 g/mol. The molecule has 1 N–H and O–H groups in total. The van der Waals surface area contributed by atoms with E-state index in [1.807, 2.05) is 0 Å². The Bertz CT molecular complexity index is 625. The number of amides is 2. The van der Waals surface area contributed by atoms with Crippen molar-refractivity contribution in [3.05, 3.63) is 34.7 Å². The fourth-order valence-corrected chi connectivity index (χ4v) is 2.57. The average molecular weight is 292 g/mol. The van der Waals surface area contributed by atoms with E-state index >= 15 is 0 Å². The summed E-state index contributed by atoms with van der Waals surface area (Å²) in [5.41, 5.74) is 0.374. The van der Waals surface area contributed by atoms with Gasteiger partial charge in [0, 0.05) is 5.56 Å². The van der Waals surface area contributed by atoms with Crippen molar-refractivity contribution in [2.45, 2.75) is 13.0 Å². The first-order valence-electron chi connectivity index (χ1n) is 5.67. The van der Waals surface area contributed by atoms with Gasteiger partial charge < -0.3 is 15.0 Å². The predicted octanol–water partition coefficient (Wildman–Crippen LogP) is 0.567. The van der Waals surface area contributed by atoms with Crippen molar-refractivity contribution in [1.82, 2.24) is 4.90 Å². The molecule has 1 saturated heterocycles. The van der Waals surface area contributed by atoms with Gasteiger partial charge >= 0.3 is 0 Å². The Balaban J connectivity index is 2.33. The Kier molecular flexibility index (Phi) is 3.80. The fourth-order valence-electron chi connectivity index (χ4n) is 1.67. The van der Waals surface area contributed by atoms with Gasteiger partial charge in [-0.2, -0.15) is 0 Å². The van der Waals surface area contributed by atoms with E-state index in [-0.39, 0.29) is 10.7 Å². The summed E-state index contributed by atoms with van der Waals surface area (Å²) in [6, 6.07) is 4.97. The van der Waals surface area contributed by atoms with Gasteiger partial charge in [-0.1, -0.05) is 18.2 Å². The van der Waals surface area contributed by atoms with E-state index in [1.165, 1.54) is 19.1 Å². The number of nitrogens with zero attached hydrogens (tertiary/aromatic N) is 1. The molecule has 0 radical (unpaired) electrons. The van der Waals surface area contributed by atoms with Crippen molar-refractivity contribution in [3.8, 4) is 5.75 Å². The minimum atomic E-state index is -1.50. The summed E-state index contributed by atoms with van der Waals surface area (Å²) in [5.74, 6) is -2.25. The fraction of sp³-hybridized carbons (Fsp3) is 0.154. The maximum absolute atomic E-state index is 12.0. The topological polar surface area (TPSA) is 97.7 Å². The van der Waals surface area contributed by atoms with Crippen LogP contribution in [0.3, 0.4) is 0 Å². The maximum Gasteiger partial charge on any atom is 0.294 e. The minimum absolute atomic E-state index is 0.0350. The number of phenols is 1. The van der Waals surface area contributed by atoms with Crippen LogP contribution in [0.25, 0.3) is 6.08 Å². The zero-order chi connectivity index (χ0) is 14.9. The van der Waals surface area contributed by atoms with E-state index in [4.69, 9.17) is 0 Å². The molecule has 1 aromatic carbocycles. The molecule has 0 spiro atoms. The Morgan fingerprint density at radius 2 is 2.05 bits per heavy atom. The van der Waals surface area contributed by atoms with Crippen molar-refractivity contribution in [2.75, 3.05) is 0 Å². The Labute approximate surface area is 118 Å². The summed E-state index contributed by atoms with van der Waals surface area (Å²) in [6.45, 7) is 1.20. The molecular weight excluding hydrogens is 282 g/mol. The molecule has 6 nitrogen and oxygen atoms in total. The van der Waals surface area contributed by atoms with Crippen LogP contribution in [0.15, 0.2) is 29.2 Å².